The molecule has 1 amide bonds. The molecule has 3 N–H and O–H groups in total. The molecule has 1 heterocycles. The third-order valence-corrected chi connectivity index (χ3v) is 7.18. The third-order valence-electron chi connectivity index (χ3n) is 6.28. The lowest BCUT2D eigenvalue weighted by atomic mass is 9.97. The summed E-state index contributed by atoms with van der Waals surface area (Å²) in [4.78, 5) is 12.8. The van der Waals surface area contributed by atoms with Crippen LogP contribution in [0.1, 0.15) is 35.1 Å². The van der Waals surface area contributed by atoms with E-state index in [1.54, 1.807) is 23.5 Å². The minimum absolute atomic E-state index is 0.0144. The Hall–Kier alpha value is -3.73. The Morgan fingerprint density at radius 3 is 2.58 bits per heavy atom. The highest BCUT2D eigenvalue weighted by molar-refractivity contribution is 7.13. The molecule has 2 aromatic carbocycles. The minimum Gasteiger partial charge on any atom is -0.368 e. The molecule has 5 nitrogen and oxygen atoms in total. The smallest absolute Gasteiger partial charge is 0.267 e. The molecular formula is C29H31FN4OS. The zero-order valence-electron chi connectivity index (χ0n) is 20.7. The number of amides is 1. The maximum Gasteiger partial charge on any atom is 0.267 e. The van der Waals surface area contributed by atoms with Gasteiger partial charge in [-0.15, -0.1) is 11.3 Å². The van der Waals surface area contributed by atoms with Crippen LogP contribution >= 0.6 is 11.3 Å². The lowest BCUT2D eigenvalue weighted by Gasteiger charge is -2.17. The number of hydrogen-bond donors (Lipinski definition) is 3. The van der Waals surface area contributed by atoms with Crippen LogP contribution in [-0.2, 0) is 16.9 Å². The summed E-state index contributed by atoms with van der Waals surface area (Å²) < 4.78 is 14.1. The normalized spacial score (nSPS) is 12.9. The molecule has 0 atom stereocenters. The van der Waals surface area contributed by atoms with E-state index in [1.165, 1.54) is 0 Å². The van der Waals surface area contributed by atoms with Gasteiger partial charge in [-0.05, 0) is 78.2 Å². The highest BCUT2D eigenvalue weighted by Gasteiger charge is 2.43. The summed E-state index contributed by atoms with van der Waals surface area (Å²) in [6.07, 6.45) is 3.93. The summed E-state index contributed by atoms with van der Waals surface area (Å²) in [5, 5.41) is 19.1. The van der Waals surface area contributed by atoms with Crippen LogP contribution in [0.4, 0.5) is 4.39 Å². The van der Waals surface area contributed by atoms with E-state index in [0.717, 1.165) is 45.5 Å². The van der Waals surface area contributed by atoms with Crippen LogP contribution in [0, 0.1) is 24.1 Å². The Morgan fingerprint density at radius 1 is 1.22 bits per heavy atom. The summed E-state index contributed by atoms with van der Waals surface area (Å²) in [5.74, 6) is -0.415. The van der Waals surface area contributed by atoms with Crippen molar-refractivity contribution in [2.24, 2.45) is 0 Å². The Bertz CT molecular complexity index is 1270. The average molecular weight is 503 g/mol. The van der Waals surface area contributed by atoms with Crippen molar-refractivity contribution < 1.29 is 9.18 Å². The van der Waals surface area contributed by atoms with Gasteiger partial charge in [0, 0.05) is 17.0 Å². The predicted octanol–water partition coefficient (Wildman–Crippen LogP) is 5.64. The average Bonchev–Trinajstić information content (AvgIpc) is 3.52. The highest BCUT2D eigenvalue weighted by Crippen LogP contribution is 2.47. The van der Waals surface area contributed by atoms with E-state index in [-0.39, 0.29) is 29.5 Å². The number of rotatable bonds is 9. The van der Waals surface area contributed by atoms with Crippen molar-refractivity contribution in [2.75, 3.05) is 13.6 Å². The molecule has 7 heteroatoms. The Balaban J connectivity index is 0.000000201. The first-order valence-corrected chi connectivity index (χ1v) is 12.5. The van der Waals surface area contributed by atoms with E-state index >= 15 is 0 Å². The van der Waals surface area contributed by atoms with Crippen molar-refractivity contribution in [2.45, 2.75) is 31.8 Å². The zero-order chi connectivity index (χ0) is 26.1. The second-order valence-electron chi connectivity index (χ2n) is 8.52. The summed E-state index contributed by atoms with van der Waals surface area (Å²) in [6.45, 7) is 9.58. The van der Waals surface area contributed by atoms with E-state index < -0.39 is 0 Å². The molecule has 186 valence electrons. The Labute approximate surface area is 216 Å². The monoisotopic (exact) mass is 502 g/mol. The van der Waals surface area contributed by atoms with E-state index in [9.17, 15) is 9.18 Å². The number of nitriles is 1. The number of carbonyl (C=O) groups excluding carboxylic acids is 1. The highest BCUT2D eigenvalue weighted by atomic mass is 32.1. The zero-order valence-corrected chi connectivity index (χ0v) is 21.5. The Kier molecular flexibility index (Phi) is 9.18. The van der Waals surface area contributed by atoms with Gasteiger partial charge in [0.05, 0.1) is 11.8 Å². The molecular weight excluding hydrogens is 471 g/mol. The molecule has 1 aliphatic carbocycles. The molecule has 1 aromatic heterocycles. The van der Waals surface area contributed by atoms with Gasteiger partial charge in [0.1, 0.15) is 12.4 Å². The maximum absolute atomic E-state index is 14.1. The summed E-state index contributed by atoms with van der Waals surface area (Å²) in [5.41, 5.74) is 5.02. The standard InChI is InChI=1S/C15H16FNS.C14H15N3O/c1-10-12(14-4-3-7-18-14)8-11(9-13(10)16)15(17-2)5-6-15;1-3-12-6-4-5-7-13(12)10-17-14(18)11(2)16-9-8-15/h3-4,7-9,17H,5-6H2,1-2H3;3-7,16H,1-2,9-10H2,(H,17,18). The van der Waals surface area contributed by atoms with E-state index in [4.69, 9.17) is 5.26 Å². The Morgan fingerprint density at radius 2 is 1.97 bits per heavy atom. The second-order valence-corrected chi connectivity index (χ2v) is 9.46. The number of halogens is 1. The van der Waals surface area contributed by atoms with Gasteiger partial charge in [0.2, 0.25) is 0 Å². The van der Waals surface area contributed by atoms with Gasteiger partial charge in [0.15, 0.2) is 0 Å². The number of nitrogens with zero attached hydrogens (tertiary/aromatic N) is 1. The van der Waals surface area contributed by atoms with Crippen molar-refractivity contribution in [3.8, 4) is 16.5 Å². The second kappa shape index (κ2) is 12.3. The van der Waals surface area contributed by atoms with Gasteiger partial charge in [-0.1, -0.05) is 49.6 Å². The SMILES string of the molecule is C=Cc1ccccc1CNC(=O)C(=C)NCC#N.CNC1(c2cc(F)c(C)c(-c3cccs3)c2)CC1. The number of nitrogens with one attached hydrogen (secondary N) is 3. The molecule has 1 fully saturated rings. The van der Waals surface area contributed by atoms with Crippen LogP contribution < -0.4 is 16.0 Å². The predicted molar refractivity (Wildman–Crippen MR) is 146 cm³/mol. The van der Waals surface area contributed by atoms with E-state index in [2.05, 4.69) is 41.2 Å². The summed E-state index contributed by atoms with van der Waals surface area (Å²) in [6, 6.07) is 17.4. The molecule has 0 aliphatic heterocycles. The molecule has 0 spiro atoms. The first kappa shape index (κ1) is 26.9. The largest absolute Gasteiger partial charge is 0.368 e. The first-order valence-electron chi connectivity index (χ1n) is 11.7. The molecule has 1 aliphatic rings. The van der Waals surface area contributed by atoms with Crippen molar-refractivity contribution in [1.82, 2.24) is 16.0 Å². The number of hydrogen-bond acceptors (Lipinski definition) is 5. The minimum atomic E-state index is -0.316. The van der Waals surface area contributed by atoms with Crippen LogP contribution in [0.5, 0.6) is 0 Å². The van der Waals surface area contributed by atoms with Crippen LogP contribution in [0.25, 0.3) is 16.5 Å². The molecule has 1 saturated carbocycles. The van der Waals surface area contributed by atoms with Crippen molar-refractivity contribution in [1.29, 1.82) is 5.26 Å². The van der Waals surface area contributed by atoms with E-state index in [1.807, 2.05) is 55.8 Å². The molecule has 0 bridgehead atoms. The lowest BCUT2D eigenvalue weighted by molar-refractivity contribution is -0.118. The fourth-order valence-electron chi connectivity index (χ4n) is 3.85. The third kappa shape index (κ3) is 6.48. The van der Waals surface area contributed by atoms with Gasteiger partial charge < -0.3 is 16.0 Å². The molecule has 3 aromatic rings. The van der Waals surface area contributed by atoms with Gasteiger partial charge in [-0.2, -0.15) is 5.26 Å². The van der Waals surface area contributed by atoms with Crippen molar-refractivity contribution in [3.05, 3.63) is 101 Å². The molecule has 36 heavy (non-hydrogen) atoms. The summed E-state index contributed by atoms with van der Waals surface area (Å²) >= 11 is 1.66. The molecule has 0 radical (unpaired) electrons. The van der Waals surface area contributed by atoms with Gasteiger partial charge in [-0.25, -0.2) is 4.39 Å². The molecule has 0 saturated heterocycles. The quantitative estimate of drug-likeness (QED) is 0.261. The van der Waals surface area contributed by atoms with E-state index in [0.29, 0.717) is 6.54 Å². The van der Waals surface area contributed by atoms with Crippen LogP contribution in [0.3, 0.4) is 0 Å². The fraction of sp³-hybridized carbons (Fsp3) is 0.241. The maximum atomic E-state index is 14.1. The summed E-state index contributed by atoms with van der Waals surface area (Å²) in [7, 11) is 1.95. The fourth-order valence-corrected chi connectivity index (χ4v) is 4.65. The van der Waals surface area contributed by atoms with Gasteiger partial charge >= 0.3 is 0 Å². The molecule has 0 unspecified atom stereocenters. The molecule has 4 rings (SSSR count). The van der Waals surface area contributed by atoms with Gasteiger partial charge in [0.25, 0.3) is 5.91 Å². The number of benzene rings is 2. The van der Waals surface area contributed by atoms with Crippen molar-refractivity contribution in [3.63, 3.8) is 0 Å². The van der Waals surface area contributed by atoms with Crippen LogP contribution in [0.15, 0.2) is 72.8 Å². The number of thiophene rings is 1. The van der Waals surface area contributed by atoms with Gasteiger partial charge in [-0.3, -0.25) is 4.79 Å². The first-order chi connectivity index (χ1) is 17.3. The number of carbonyl (C=O) groups is 1. The van der Waals surface area contributed by atoms with Crippen LogP contribution in [0.2, 0.25) is 0 Å². The van der Waals surface area contributed by atoms with Crippen molar-refractivity contribution >= 4 is 23.3 Å². The topological polar surface area (TPSA) is 77.0 Å². The lowest BCUT2D eigenvalue weighted by Crippen LogP contribution is -2.31. The van der Waals surface area contributed by atoms with Crippen LogP contribution in [-0.4, -0.2) is 19.5 Å².